The summed E-state index contributed by atoms with van der Waals surface area (Å²) in [6.07, 6.45) is -2.85. The Kier molecular flexibility index (Phi) is 4.84. The highest BCUT2D eigenvalue weighted by Gasteiger charge is 2.47. The third-order valence-corrected chi connectivity index (χ3v) is 5.68. The maximum Gasteiger partial charge on any atom is 0.393 e. The van der Waals surface area contributed by atoms with E-state index in [-0.39, 0.29) is 32.1 Å². The minimum atomic E-state index is -4.33. The van der Waals surface area contributed by atoms with E-state index in [1.165, 1.54) is 4.90 Å². The summed E-state index contributed by atoms with van der Waals surface area (Å²) in [5.74, 6) is -1.82. The molecule has 1 N–H and O–H groups in total. The predicted molar refractivity (Wildman–Crippen MR) is 93.0 cm³/mol. The lowest BCUT2D eigenvalue weighted by Crippen LogP contribution is -2.49. The van der Waals surface area contributed by atoms with Crippen LogP contribution < -0.4 is 19.7 Å². The van der Waals surface area contributed by atoms with Crippen LogP contribution in [0.1, 0.15) is 32.1 Å². The Bertz CT molecular complexity index is 783. The van der Waals surface area contributed by atoms with Gasteiger partial charge < -0.3 is 19.7 Å². The summed E-state index contributed by atoms with van der Waals surface area (Å²) in [6, 6.07) is 4.14. The van der Waals surface area contributed by atoms with Crippen molar-refractivity contribution in [1.29, 1.82) is 0 Å². The van der Waals surface area contributed by atoms with Gasteiger partial charge in [0.05, 0.1) is 11.8 Å². The van der Waals surface area contributed by atoms with E-state index in [4.69, 9.17) is 9.47 Å². The Hall–Kier alpha value is -2.45. The van der Waals surface area contributed by atoms with Gasteiger partial charge in [-0.2, -0.15) is 13.2 Å². The molecule has 1 aliphatic carbocycles. The molecule has 3 atom stereocenters. The fourth-order valence-electron chi connectivity index (χ4n) is 4.18. The van der Waals surface area contributed by atoms with E-state index in [9.17, 15) is 22.8 Å². The monoisotopic (exact) mass is 398 g/mol. The zero-order valence-electron chi connectivity index (χ0n) is 15.1. The number of benzene rings is 1. The second-order valence-corrected chi connectivity index (χ2v) is 7.49. The molecule has 2 fully saturated rings. The lowest BCUT2D eigenvalue weighted by molar-refractivity contribution is -0.189. The van der Waals surface area contributed by atoms with Crippen molar-refractivity contribution in [3.05, 3.63) is 18.2 Å². The maximum atomic E-state index is 13.2. The number of hydrogen-bond donors (Lipinski definition) is 1. The fourth-order valence-corrected chi connectivity index (χ4v) is 4.18. The number of carbonyl (C=O) groups is 2. The number of ether oxygens (including phenoxy) is 2. The predicted octanol–water partition coefficient (Wildman–Crippen LogP) is 3.01. The molecular formula is C19H21F3N2O4. The smallest absolute Gasteiger partial charge is 0.393 e. The maximum absolute atomic E-state index is 13.2. The van der Waals surface area contributed by atoms with E-state index < -0.39 is 30.0 Å². The Labute approximate surface area is 160 Å². The van der Waals surface area contributed by atoms with Crippen molar-refractivity contribution in [2.75, 3.05) is 18.2 Å². The van der Waals surface area contributed by atoms with Crippen molar-refractivity contribution in [2.45, 2.75) is 44.3 Å². The molecular weight excluding hydrogens is 377 g/mol. The van der Waals surface area contributed by atoms with Crippen LogP contribution in [0, 0.1) is 11.8 Å². The highest BCUT2D eigenvalue weighted by atomic mass is 19.4. The number of halogens is 3. The van der Waals surface area contributed by atoms with Crippen molar-refractivity contribution >= 4 is 17.5 Å². The van der Waals surface area contributed by atoms with Crippen LogP contribution in [0.25, 0.3) is 0 Å². The summed E-state index contributed by atoms with van der Waals surface area (Å²) < 4.78 is 50.3. The summed E-state index contributed by atoms with van der Waals surface area (Å²) >= 11 is 0. The van der Waals surface area contributed by atoms with Crippen LogP contribution in [0.15, 0.2) is 18.2 Å². The third-order valence-electron chi connectivity index (χ3n) is 5.68. The Balaban J connectivity index is 1.42. The summed E-state index contributed by atoms with van der Waals surface area (Å²) in [6.45, 7) is 0.243. The molecule has 28 heavy (non-hydrogen) atoms. The molecule has 152 valence electrons. The molecule has 1 aromatic rings. The normalized spacial score (nSPS) is 27.2. The molecule has 0 aromatic heterocycles. The van der Waals surface area contributed by atoms with Crippen LogP contribution in [-0.4, -0.2) is 37.4 Å². The first-order valence-corrected chi connectivity index (χ1v) is 9.40. The lowest BCUT2D eigenvalue weighted by Gasteiger charge is -2.34. The summed E-state index contributed by atoms with van der Waals surface area (Å²) in [7, 11) is 0. The van der Waals surface area contributed by atoms with Crippen LogP contribution >= 0.6 is 0 Å². The number of nitrogens with one attached hydrogen (secondary N) is 1. The number of anilines is 1. The average Bonchev–Trinajstić information content (AvgIpc) is 3.27. The van der Waals surface area contributed by atoms with E-state index in [0.717, 1.165) is 0 Å². The number of rotatable bonds is 3. The third kappa shape index (κ3) is 3.62. The number of nitrogens with zero attached hydrogens (tertiary/aromatic N) is 1. The largest absolute Gasteiger partial charge is 0.454 e. The highest BCUT2D eigenvalue weighted by Crippen LogP contribution is 2.39. The number of amides is 2. The second-order valence-electron chi connectivity index (χ2n) is 7.49. The molecule has 1 saturated heterocycles. The summed E-state index contributed by atoms with van der Waals surface area (Å²) in [5, 5.41) is 2.57. The van der Waals surface area contributed by atoms with E-state index in [0.29, 0.717) is 36.4 Å². The SMILES string of the molecule is O=C(N[C@@H]1CCCC[C@@H]1C(F)(F)F)[C@@H]1CC(=O)N(c2ccc3c(c2)OCO3)C1. The van der Waals surface area contributed by atoms with Gasteiger partial charge in [-0.05, 0) is 25.0 Å². The van der Waals surface area contributed by atoms with Crippen LogP contribution in [-0.2, 0) is 9.59 Å². The first-order valence-electron chi connectivity index (χ1n) is 9.40. The number of alkyl halides is 3. The minimum Gasteiger partial charge on any atom is -0.454 e. The van der Waals surface area contributed by atoms with Gasteiger partial charge >= 0.3 is 6.18 Å². The van der Waals surface area contributed by atoms with Gasteiger partial charge in [0.15, 0.2) is 11.5 Å². The van der Waals surface area contributed by atoms with E-state index in [1.54, 1.807) is 18.2 Å². The van der Waals surface area contributed by atoms with Gasteiger partial charge in [-0.25, -0.2) is 0 Å². The molecule has 2 heterocycles. The lowest BCUT2D eigenvalue weighted by atomic mass is 9.83. The number of carbonyl (C=O) groups excluding carboxylic acids is 2. The summed E-state index contributed by atoms with van der Waals surface area (Å²) in [4.78, 5) is 26.5. The molecule has 6 nitrogen and oxygen atoms in total. The van der Waals surface area contributed by atoms with Crippen LogP contribution in [0.5, 0.6) is 11.5 Å². The van der Waals surface area contributed by atoms with Crippen LogP contribution in [0.2, 0.25) is 0 Å². The van der Waals surface area contributed by atoms with Crippen molar-refractivity contribution in [3.63, 3.8) is 0 Å². The molecule has 0 radical (unpaired) electrons. The van der Waals surface area contributed by atoms with Crippen LogP contribution in [0.3, 0.4) is 0 Å². The van der Waals surface area contributed by atoms with Crippen molar-refractivity contribution < 1.29 is 32.2 Å². The second kappa shape index (κ2) is 7.18. The van der Waals surface area contributed by atoms with Gasteiger partial charge in [0, 0.05) is 30.8 Å². The molecule has 3 aliphatic rings. The first kappa shape index (κ1) is 18.9. The van der Waals surface area contributed by atoms with Crippen molar-refractivity contribution in [2.24, 2.45) is 11.8 Å². The van der Waals surface area contributed by atoms with Crippen molar-refractivity contribution in [3.8, 4) is 11.5 Å². The summed E-state index contributed by atoms with van der Waals surface area (Å²) in [5.41, 5.74) is 0.579. The zero-order valence-corrected chi connectivity index (χ0v) is 15.1. The van der Waals surface area contributed by atoms with Gasteiger partial charge in [0.2, 0.25) is 18.6 Å². The Morgan fingerprint density at radius 1 is 1.14 bits per heavy atom. The molecule has 1 saturated carbocycles. The molecule has 0 spiro atoms. The Morgan fingerprint density at radius 3 is 2.68 bits per heavy atom. The van der Waals surface area contributed by atoms with Gasteiger partial charge in [0.1, 0.15) is 0 Å². The quantitative estimate of drug-likeness (QED) is 0.850. The van der Waals surface area contributed by atoms with Gasteiger partial charge in [-0.1, -0.05) is 12.8 Å². The molecule has 0 unspecified atom stereocenters. The van der Waals surface area contributed by atoms with Gasteiger partial charge in [-0.3, -0.25) is 9.59 Å². The molecule has 2 amide bonds. The average molecular weight is 398 g/mol. The molecule has 1 aromatic carbocycles. The number of fused-ring (bicyclic) bond motifs is 1. The molecule has 0 bridgehead atoms. The first-order chi connectivity index (χ1) is 13.3. The molecule has 4 rings (SSSR count). The fraction of sp³-hybridized carbons (Fsp3) is 0.579. The molecule has 2 aliphatic heterocycles. The van der Waals surface area contributed by atoms with E-state index in [1.807, 2.05) is 0 Å². The van der Waals surface area contributed by atoms with E-state index >= 15 is 0 Å². The topological polar surface area (TPSA) is 67.9 Å². The van der Waals surface area contributed by atoms with Gasteiger partial charge in [0.25, 0.3) is 0 Å². The minimum absolute atomic E-state index is 0.0241. The van der Waals surface area contributed by atoms with Crippen molar-refractivity contribution in [1.82, 2.24) is 5.32 Å². The zero-order chi connectivity index (χ0) is 19.9. The molecule has 9 heteroatoms. The van der Waals surface area contributed by atoms with E-state index in [2.05, 4.69) is 5.32 Å². The standard InChI is InChI=1S/C19H21F3N2O4/c20-19(21,22)13-3-1-2-4-14(13)23-18(26)11-7-17(25)24(9-11)12-5-6-15-16(8-12)28-10-27-15/h5-6,8,11,13-14H,1-4,7,9-10H2,(H,23,26)/t11-,13+,14-/m1/s1. The van der Waals surface area contributed by atoms with Crippen LogP contribution in [0.4, 0.5) is 18.9 Å². The van der Waals surface area contributed by atoms with Gasteiger partial charge in [-0.15, -0.1) is 0 Å². The Morgan fingerprint density at radius 2 is 1.89 bits per heavy atom. The number of hydrogen-bond acceptors (Lipinski definition) is 4. The highest BCUT2D eigenvalue weighted by molar-refractivity contribution is 6.00.